The van der Waals surface area contributed by atoms with E-state index < -0.39 is 36.1 Å². The average Bonchev–Trinajstić information content (AvgIpc) is 2.48. The van der Waals surface area contributed by atoms with Gasteiger partial charge >= 0.3 is 12.1 Å². The molecule has 1 aliphatic heterocycles. The molecule has 0 bridgehead atoms. The van der Waals surface area contributed by atoms with E-state index in [-0.39, 0.29) is 6.42 Å². The Morgan fingerprint density at radius 3 is 2.38 bits per heavy atom. The number of aliphatic carboxylic acids is 1. The molecule has 0 aromatic carbocycles. The van der Waals surface area contributed by atoms with Gasteiger partial charge in [0.1, 0.15) is 6.04 Å². The standard InChI is InChI=1S/C7H8F3NO2/c8-7(9,10)4-2-1-3(6(12)13)11-5(2)4/h2-5,11H,1H2,(H,12,13)/t2-,3-,4+,5-/m0/s1. The number of halogens is 3. The lowest BCUT2D eigenvalue weighted by Crippen LogP contribution is -2.37. The minimum absolute atomic E-state index is 0.101. The molecule has 0 aromatic rings. The third-order valence-corrected chi connectivity index (χ3v) is 2.75. The lowest BCUT2D eigenvalue weighted by molar-refractivity contribution is -0.157. The molecule has 0 unspecified atom stereocenters. The lowest BCUT2D eigenvalue weighted by Gasteiger charge is -2.12. The molecule has 2 fully saturated rings. The molecule has 2 rings (SSSR count). The summed E-state index contributed by atoms with van der Waals surface area (Å²) < 4.78 is 36.3. The number of piperidine rings is 1. The van der Waals surface area contributed by atoms with Crippen molar-refractivity contribution in [2.75, 3.05) is 0 Å². The van der Waals surface area contributed by atoms with Crippen molar-refractivity contribution < 1.29 is 23.1 Å². The molecule has 13 heavy (non-hydrogen) atoms. The minimum atomic E-state index is -4.17. The average molecular weight is 195 g/mol. The summed E-state index contributed by atoms with van der Waals surface area (Å²) in [4.78, 5) is 10.4. The minimum Gasteiger partial charge on any atom is -0.480 e. The number of carboxylic acid groups (broad SMARTS) is 1. The molecule has 1 heterocycles. The molecule has 1 aliphatic carbocycles. The highest BCUT2D eigenvalue weighted by Crippen LogP contribution is 2.55. The Bertz CT molecular complexity index is 241. The quantitative estimate of drug-likeness (QED) is 0.644. The molecule has 6 heteroatoms. The van der Waals surface area contributed by atoms with Gasteiger partial charge in [-0.25, -0.2) is 0 Å². The molecule has 2 N–H and O–H groups in total. The van der Waals surface area contributed by atoms with Crippen molar-refractivity contribution in [3.05, 3.63) is 0 Å². The number of alkyl halides is 3. The van der Waals surface area contributed by atoms with Crippen LogP contribution in [-0.2, 0) is 4.79 Å². The number of nitrogens with one attached hydrogen (secondary N) is 1. The van der Waals surface area contributed by atoms with Crippen LogP contribution in [0.5, 0.6) is 0 Å². The molecule has 1 saturated carbocycles. The maximum atomic E-state index is 12.1. The van der Waals surface area contributed by atoms with E-state index >= 15 is 0 Å². The molecule has 0 amide bonds. The van der Waals surface area contributed by atoms with Crippen LogP contribution in [0.4, 0.5) is 13.2 Å². The van der Waals surface area contributed by atoms with Crippen molar-refractivity contribution in [1.29, 1.82) is 0 Å². The highest BCUT2D eigenvalue weighted by molar-refractivity contribution is 5.74. The number of rotatable bonds is 1. The fourth-order valence-electron chi connectivity index (χ4n) is 2.09. The summed E-state index contributed by atoms with van der Waals surface area (Å²) in [6.45, 7) is 0. The number of carbonyl (C=O) groups is 1. The summed E-state index contributed by atoms with van der Waals surface area (Å²) in [6, 6.07) is -1.44. The molecular formula is C7H8F3NO2. The molecular weight excluding hydrogens is 187 g/mol. The van der Waals surface area contributed by atoms with Gasteiger partial charge in [0, 0.05) is 6.04 Å². The Morgan fingerprint density at radius 2 is 2.08 bits per heavy atom. The summed E-state index contributed by atoms with van der Waals surface area (Å²) in [5, 5.41) is 11.0. The van der Waals surface area contributed by atoms with E-state index in [1.54, 1.807) is 0 Å². The van der Waals surface area contributed by atoms with Gasteiger partial charge in [-0.3, -0.25) is 4.79 Å². The maximum absolute atomic E-state index is 12.1. The van der Waals surface area contributed by atoms with E-state index in [0.29, 0.717) is 0 Å². The summed E-state index contributed by atoms with van der Waals surface area (Å²) in [5.74, 6) is -2.89. The van der Waals surface area contributed by atoms with Crippen LogP contribution in [0.3, 0.4) is 0 Å². The normalized spacial score (nSPS) is 43.0. The fraction of sp³-hybridized carbons (Fsp3) is 0.857. The second kappa shape index (κ2) is 2.37. The van der Waals surface area contributed by atoms with Crippen molar-refractivity contribution >= 4 is 5.97 Å². The highest BCUT2D eigenvalue weighted by Gasteiger charge is 2.68. The second-order valence-corrected chi connectivity index (χ2v) is 3.55. The first-order valence-electron chi connectivity index (χ1n) is 3.97. The Kier molecular flexibility index (Phi) is 1.61. The third-order valence-electron chi connectivity index (χ3n) is 2.75. The second-order valence-electron chi connectivity index (χ2n) is 3.55. The number of hydrogen-bond donors (Lipinski definition) is 2. The Balaban J connectivity index is 1.94. The predicted octanol–water partition coefficient (Wildman–Crippen LogP) is 0.610. The summed E-state index contributed by atoms with van der Waals surface area (Å²) in [7, 11) is 0. The zero-order valence-corrected chi connectivity index (χ0v) is 6.51. The van der Waals surface area contributed by atoms with Gasteiger partial charge < -0.3 is 10.4 Å². The molecule has 3 nitrogen and oxygen atoms in total. The summed E-state index contributed by atoms with van der Waals surface area (Å²) >= 11 is 0. The van der Waals surface area contributed by atoms with Crippen molar-refractivity contribution in [1.82, 2.24) is 5.32 Å². The van der Waals surface area contributed by atoms with Gasteiger partial charge in [0.2, 0.25) is 0 Å². The topological polar surface area (TPSA) is 49.3 Å². The van der Waals surface area contributed by atoms with Gasteiger partial charge in [0.05, 0.1) is 5.92 Å². The fourth-order valence-corrected chi connectivity index (χ4v) is 2.09. The van der Waals surface area contributed by atoms with Gasteiger partial charge in [-0.15, -0.1) is 0 Å². The first-order valence-corrected chi connectivity index (χ1v) is 3.97. The van der Waals surface area contributed by atoms with Gasteiger partial charge in [0.15, 0.2) is 0 Å². The van der Waals surface area contributed by atoms with Crippen LogP contribution in [0.25, 0.3) is 0 Å². The maximum Gasteiger partial charge on any atom is 0.393 e. The lowest BCUT2D eigenvalue weighted by atomic mass is 10.1. The van der Waals surface area contributed by atoms with E-state index in [1.165, 1.54) is 0 Å². The SMILES string of the molecule is O=C(O)[C@@H]1C[C@@H]2[C@H](N1)[C@@H]2C(F)(F)F. The Hall–Kier alpha value is -0.780. The Morgan fingerprint density at radius 1 is 1.46 bits per heavy atom. The van der Waals surface area contributed by atoms with E-state index in [2.05, 4.69) is 5.32 Å². The van der Waals surface area contributed by atoms with Crippen LogP contribution in [0.15, 0.2) is 0 Å². The van der Waals surface area contributed by atoms with Crippen molar-refractivity contribution in [2.24, 2.45) is 11.8 Å². The first-order chi connectivity index (χ1) is 5.91. The molecule has 0 radical (unpaired) electrons. The largest absolute Gasteiger partial charge is 0.480 e. The van der Waals surface area contributed by atoms with E-state index in [0.717, 1.165) is 0 Å². The van der Waals surface area contributed by atoms with Crippen LogP contribution >= 0.6 is 0 Å². The van der Waals surface area contributed by atoms with Crippen molar-refractivity contribution in [3.8, 4) is 0 Å². The molecule has 74 valence electrons. The predicted molar refractivity (Wildman–Crippen MR) is 36.0 cm³/mol. The van der Waals surface area contributed by atoms with Gasteiger partial charge in [-0.05, 0) is 12.3 Å². The smallest absolute Gasteiger partial charge is 0.393 e. The Labute approximate surface area is 71.9 Å². The van der Waals surface area contributed by atoms with Gasteiger partial charge in [-0.2, -0.15) is 13.2 Å². The number of hydrogen-bond acceptors (Lipinski definition) is 2. The zero-order chi connectivity index (χ0) is 9.80. The number of fused-ring (bicyclic) bond motifs is 1. The van der Waals surface area contributed by atoms with Crippen LogP contribution in [0.1, 0.15) is 6.42 Å². The molecule has 1 saturated heterocycles. The molecule has 4 atom stereocenters. The van der Waals surface area contributed by atoms with Crippen molar-refractivity contribution in [2.45, 2.75) is 24.7 Å². The van der Waals surface area contributed by atoms with E-state index in [4.69, 9.17) is 5.11 Å². The van der Waals surface area contributed by atoms with Gasteiger partial charge in [-0.1, -0.05) is 0 Å². The van der Waals surface area contributed by atoms with Crippen LogP contribution < -0.4 is 5.32 Å². The van der Waals surface area contributed by atoms with E-state index in [9.17, 15) is 18.0 Å². The monoisotopic (exact) mass is 195 g/mol. The molecule has 2 aliphatic rings. The summed E-state index contributed by atoms with van der Waals surface area (Å²) in [6.07, 6.45) is -4.07. The number of carboxylic acids is 1. The van der Waals surface area contributed by atoms with Crippen LogP contribution in [0.2, 0.25) is 0 Å². The van der Waals surface area contributed by atoms with E-state index in [1.807, 2.05) is 0 Å². The summed E-state index contributed by atoms with van der Waals surface area (Å²) in [5.41, 5.74) is 0. The van der Waals surface area contributed by atoms with Crippen LogP contribution in [-0.4, -0.2) is 29.3 Å². The van der Waals surface area contributed by atoms with Gasteiger partial charge in [0.25, 0.3) is 0 Å². The van der Waals surface area contributed by atoms with Crippen molar-refractivity contribution in [3.63, 3.8) is 0 Å². The van der Waals surface area contributed by atoms with Crippen LogP contribution in [0, 0.1) is 11.8 Å². The first kappa shape index (κ1) is 8.80. The third kappa shape index (κ3) is 1.29. The molecule has 0 aromatic heterocycles. The highest BCUT2D eigenvalue weighted by atomic mass is 19.4. The molecule has 0 spiro atoms. The zero-order valence-electron chi connectivity index (χ0n) is 6.51.